The van der Waals surface area contributed by atoms with Crippen molar-refractivity contribution in [3.8, 4) is 17.2 Å². The van der Waals surface area contributed by atoms with E-state index in [9.17, 15) is 9.59 Å². The Morgan fingerprint density at radius 1 is 0.971 bits per heavy atom. The van der Waals surface area contributed by atoms with Crippen LogP contribution in [0.1, 0.15) is 22.8 Å². The van der Waals surface area contributed by atoms with Crippen molar-refractivity contribution in [1.82, 2.24) is 5.43 Å². The van der Waals surface area contributed by atoms with Gasteiger partial charge < -0.3 is 19.5 Å². The fourth-order valence-corrected chi connectivity index (χ4v) is 3.03. The van der Waals surface area contributed by atoms with Gasteiger partial charge in [0.15, 0.2) is 18.1 Å². The van der Waals surface area contributed by atoms with Gasteiger partial charge in [-0.05, 0) is 61.5 Å². The van der Waals surface area contributed by atoms with Gasteiger partial charge in [-0.1, -0.05) is 23.7 Å². The van der Waals surface area contributed by atoms with Crippen LogP contribution in [0, 0.1) is 0 Å². The predicted octanol–water partition coefficient (Wildman–Crippen LogP) is 4.53. The molecule has 176 valence electrons. The third kappa shape index (κ3) is 6.98. The van der Waals surface area contributed by atoms with Gasteiger partial charge >= 0.3 is 0 Å². The summed E-state index contributed by atoms with van der Waals surface area (Å²) in [6.07, 6.45) is 1.44. The first-order chi connectivity index (χ1) is 16.5. The number of carbonyl (C=O) groups is 2. The number of carbonyl (C=O) groups excluding carboxylic acids is 2. The lowest BCUT2D eigenvalue weighted by Gasteiger charge is -2.10. The van der Waals surface area contributed by atoms with E-state index in [1.807, 2.05) is 6.92 Å². The summed E-state index contributed by atoms with van der Waals surface area (Å²) in [5.41, 5.74) is 4.03. The molecule has 2 amide bonds. The molecule has 0 atom stereocenters. The number of anilines is 1. The number of nitrogens with one attached hydrogen (secondary N) is 2. The number of amides is 2. The zero-order chi connectivity index (χ0) is 24.3. The fourth-order valence-electron chi connectivity index (χ4n) is 2.90. The molecule has 0 aliphatic rings. The van der Waals surface area contributed by atoms with E-state index in [-0.39, 0.29) is 12.5 Å². The van der Waals surface area contributed by atoms with E-state index in [1.165, 1.54) is 13.3 Å². The molecule has 0 unspecified atom stereocenters. The maximum atomic E-state index is 12.5. The SMILES string of the molecule is CCOc1ccc(C(=O)N/N=C/c2ccccc2OCC(=O)Nc2ccc(Cl)cc2)cc1OC. The normalized spacial score (nSPS) is 10.6. The van der Waals surface area contributed by atoms with E-state index < -0.39 is 5.91 Å². The molecule has 0 bridgehead atoms. The van der Waals surface area contributed by atoms with E-state index >= 15 is 0 Å². The number of nitrogens with zero attached hydrogens (tertiary/aromatic N) is 1. The number of benzene rings is 3. The Kier molecular flexibility index (Phi) is 8.88. The highest BCUT2D eigenvalue weighted by Gasteiger charge is 2.11. The summed E-state index contributed by atoms with van der Waals surface area (Å²) in [5, 5.41) is 7.31. The summed E-state index contributed by atoms with van der Waals surface area (Å²) in [6.45, 7) is 2.14. The molecule has 8 nitrogen and oxygen atoms in total. The second kappa shape index (κ2) is 12.3. The fraction of sp³-hybridized carbons (Fsp3) is 0.160. The molecule has 0 aliphatic carbocycles. The molecule has 9 heteroatoms. The van der Waals surface area contributed by atoms with Gasteiger partial charge in [-0.25, -0.2) is 5.43 Å². The lowest BCUT2D eigenvalue weighted by atomic mass is 10.2. The van der Waals surface area contributed by atoms with Gasteiger partial charge in [0.05, 0.1) is 19.9 Å². The molecular weight excluding hydrogens is 458 g/mol. The minimum absolute atomic E-state index is 0.203. The Morgan fingerprint density at radius 3 is 2.47 bits per heavy atom. The van der Waals surface area contributed by atoms with Crippen molar-refractivity contribution < 1.29 is 23.8 Å². The second-order valence-corrected chi connectivity index (χ2v) is 7.32. The van der Waals surface area contributed by atoms with Crippen LogP contribution in [-0.2, 0) is 4.79 Å². The van der Waals surface area contributed by atoms with Gasteiger partial charge in [-0.2, -0.15) is 5.10 Å². The largest absolute Gasteiger partial charge is 0.493 e. The quantitative estimate of drug-likeness (QED) is 0.327. The molecular formula is C25H24ClN3O5. The van der Waals surface area contributed by atoms with Gasteiger partial charge in [0.2, 0.25) is 0 Å². The van der Waals surface area contributed by atoms with Crippen molar-refractivity contribution in [3.63, 3.8) is 0 Å². The van der Waals surface area contributed by atoms with Crippen LogP contribution in [0.5, 0.6) is 17.2 Å². The van der Waals surface area contributed by atoms with Crippen molar-refractivity contribution in [2.24, 2.45) is 5.10 Å². The van der Waals surface area contributed by atoms with Crippen molar-refractivity contribution in [3.05, 3.63) is 82.9 Å². The van der Waals surface area contributed by atoms with E-state index in [2.05, 4.69) is 15.8 Å². The number of rotatable bonds is 10. The molecule has 3 aromatic rings. The first-order valence-electron chi connectivity index (χ1n) is 10.4. The third-order valence-electron chi connectivity index (χ3n) is 4.50. The topological polar surface area (TPSA) is 98.3 Å². The second-order valence-electron chi connectivity index (χ2n) is 6.88. The number of methoxy groups -OCH3 is 1. The number of hydrogen-bond acceptors (Lipinski definition) is 6. The molecule has 0 saturated carbocycles. The van der Waals surface area contributed by atoms with Gasteiger partial charge in [-0.3, -0.25) is 9.59 Å². The van der Waals surface area contributed by atoms with Crippen LogP contribution in [0.2, 0.25) is 5.02 Å². The van der Waals surface area contributed by atoms with Gasteiger partial charge in [0.1, 0.15) is 5.75 Å². The molecule has 0 aliphatic heterocycles. The van der Waals surface area contributed by atoms with Crippen molar-refractivity contribution in [2.45, 2.75) is 6.92 Å². The predicted molar refractivity (Wildman–Crippen MR) is 131 cm³/mol. The number of ether oxygens (including phenoxy) is 3. The Balaban J connectivity index is 1.59. The maximum absolute atomic E-state index is 12.5. The summed E-state index contributed by atoms with van der Waals surface area (Å²) in [7, 11) is 1.50. The lowest BCUT2D eigenvalue weighted by Crippen LogP contribution is -2.20. The molecule has 0 fully saturated rings. The van der Waals surface area contributed by atoms with E-state index in [0.29, 0.717) is 45.7 Å². The van der Waals surface area contributed by atoms with Crippen molar-refractivity contribution >= 4 is 35.3 Å². The first kappa shape index (κ1) is 24.6. The minimum Gasteiger partial charge on any atom is -0.493 e. The number of hydrogen-bond donors (Lipinski definition) is 2. The lowest BCUT2D eigenvalue weighted by molar-refractivity contribution is -0.118. The molecule has 2 N–H and O–H groups in total. The summed E-state index contributed by atoms with van der Waals surface area (Å²) >= 11 is 5.85. The van der Waals surface area contributed by atoms with E-state index in [4.69, 9.17) is 25.8 Å². The molecule has 3 rings (SSSR count). The Bertz CT molecular complexity index is 1170. The van der Waals surface area contributed by atoms with Crippen LogP contribution in [0.25, 0.3) is 0 Å². The van der Waals surface area contributed by atoms with E-state index in [1.54, 1.807) is 66.7 Å². The number of para-hydroxylation sites is 1. The smallest absolute Gasteiger partial charge is 0.271 e. The molecule has 0 saturated heterocycles. The van der Waals surface area contributed by atoms with Crippen LogP contribution in [0.3, 0.4) is 0 Å². The van der Waals surface area contributed by atoms with Crippen molar-refractivity contribution in [2.75, 3.05) is 25.6 Å². The van der Waals surface area contributed by atoms with Crippen LogP contribution < -0.4 is 25.0 Å². The highest BCUT2D eigenvalue weighted by atomic mass is 35.5. The summed E-state index contributed by atoms with van der Waals surface area (Å²) in [4.78, 5) is 24.6. The Labute approximate surface area is 202 Å². The third-order valence-corrected chi connectivity index (χ3v) is 4.75. The molecule has 0 spiro atoms. The molecule has 3 aromatic carbocycles. The monoisotopic (exact) mass is 481 g/mol. The van der Waals surface area contributed by atoms with Crippen LogP contribution >= 0.6 is 11.6 Å². The number of halogens is 1. The van der Waals surface area contributed by atoms with Crippen LogP contribution in [-0.4, -0.2) is 38.4 Å². The average molecular weight is 482 g/mol. The summed E-state index contributed by atoms with van der Waals surface area (Å²) in [5.74, 6) is 0.699. The highest BCUT2D eigenvalue weighted by Crippen LogP contribution is 2.28. The molecule has 34 heavy (non-hydrogen) atoms. The Morgan fingerprint density at radius 2 is 1.74 bits per heavy atom. The summed E-state index contributed by atoms with van der Waals surface area (Å²) in [6, 6.07) is 18.6. The van der Waals surface area contributed by atoms with Crippen molar-refractivity contribution in [1.29, 1.82) is 0 Å². The Hall–Kier alpha value is -4.04. The zero-order valence-electron chi connectivity index (χ0n) is 18.7. The average Bonchev–Trinajstić information content (AvgIpc) is 2.85. The maximum Gasteiger partial charge on any atom is 0.271 e. The van der Waals surface area contributed by atoms with Gasteiger partial charge in [0, 0.05) is 21.8 Å². The van der Waals surface area contributed by atoms with E-state index in [0.717, 1.165) is 0 Å². The van der Waals surface area contributed by atoms with Gasteiger partial charge in [-0.15, -0.1) is 0 Å². The summed E-state index contributed by atoms with van der Waals surface area (Å²) < 4.78 is 16.4. The molecule has 0 heterocycles. The minimum atomic E-state index is -0.418. The zero-order valence-corrected chi connectivity index (χ0v) is 19.5. The van der Waals surface area contributed by atoms with Gasteiger partial charge in [0.25, 0.3) is 11.8 Å². The standard InChI is InChI=1S/C25H24ClN3O5/c1-3-33-22-13-8-17(14-23(22)32-2)25(31)29-27-15-18-6-4-5-7-21(18)34-16-24(30)28-20-11-9-19(26)10-12-20/h4-15H,3,16H2,1-2H3,(H,28,30)(H,29,31)/b27-15+. The highest BCUT2D eigenvalue weighted by molar-refractivity contribution is 6.30. The van der Waals surface area contributed by atoms with Crippen LogP contribution in [0.15, 0.2) is 71.8 Å². The number of hydrazone groups is 1. The first-order valence-corrected chi connectivity index (χ1v) is 10.8. The molecule has 0 radical (unpaired) electrons. The molecule has 0 aromatic heterocycles. The van der Waals surface area contributed by atoms with Crippen LogP contribution in [0.4, 0.5) is 5.69 Å².